The molecule has 0 saturated heterocycles. The van der Waals surface area contributed by atoms with Crippen LogP contribution >= 0.6 is 0 Å². The molecule has 0 aliphatic heterocycles. The summed E-state index contributed by atoms with van der Waals surface area (Å²) in [4.78, 5) is 34.9. The second-order valence-corrected chi connectivity index (χ2v) is 5.25. The predicted octanol–water partition coefficient (Wildman–Crippen LogP) is 1.91. The average Bonchev–Trinajstić information content (AvgIpc) is 2.59. The Morgan fingerprint density at radius 3 is 2.28 bits per heavy atom. The fraction of sp³-hybridized carbons (Fsp3) is 0.167. The van der Waals surface area contributed by atoms with E-state index >= 15 is 0 Å². The zero-order valence-electron chi connectivity index (χ0n) is 14.0. The first-order valence-corrected chi connectivity index (χ1v) is 7.57. The molecule has 2 rings (SSSR count). The SMILES string of the molecule is COc1cccc(CNC(=O)C(=O)Nc2cccc(NC(C)=O)c2)c1. The Balaban J connectivity index is 1.91. The van der Waals surface area contributed by atoms with Crippen LogP contribution in [0.1, 0.15) is 12.5 Å². The molecule has 3 N–H and O–H groups in total. The molecule has 0 aliphatic rings. The second kappa shape index (κ2) is 8.49. The van der Waals surface area contributed by atoms with E-state index in [1.165, 1.54) is 6.92 Å². The normalized spacial score (nSPS) is 9.84. The van der Waals surface area contributed by atoms with Crippen molar-refractivity contribution in [3.05, 3.63) is 54.1 Å². The number of amides is 3. The lowest BCUT2D eigenvalue weighted by Crippen LogP contribution is -2.34. The molecule has 0 atom stereocenters. The van der Waals surface area contributed by atoms with E-state index in [9.17, 15) is 14.4 Å². The molecule has 0 bridgehead atoms. The van der Waals surface area contributed by atoms with Crippen LogP contribution in [0.3, 0.4) is 0 Å². The van der Waals surface area contributed by atoms with E-state index in [1.807, 2.05) is 6.07 Å². The molecule has 2 aromatic carbocycles. The largest absolute Gasteiger partial charge is 0.497 e. The molecular formula is C18H19N3O4. The molecular weight excluding hydrogens is 322 g/mol. The van der Waals surface area contributed by atoms with Crippen molar-refractivity contribution >= 4 is 29.1 Å². The highest BCUT2D eigenvalue weighted by Crippen LogP contribution is 2.15. The Morgan fingerprint density at radius 2 is 1.60 bits per heavy atom. The first kappa shape index (κ1) is 18.0. The maximum absolute atomic E-state index is 12.0. The third kappa shape index (κ3) is 5.65. The number of anilines is 2. The molecule has 0 unspecified atom stereocenters. The van der Waals surface area contributed by atoms with Crippen LogP contribution in [0.25, 0.3) is 0 Å². The molecule has 0 heterocycles. The number of nitrogens with one attached hydrogen (secondary N) is 3. The number of ether oxygens (including phenoxy) is 1. The van der Waals surface area contributed by atoms with Crippen molar-refractivity contribution in [2.75, 3.05) is 17.7 Å². The zero-order chi connectivity index (χ0) is 18.2. The van der Waals surface area contributed by atoms with Gasteiger partial charge in [0.15, 0.2) is 0 Å². The van der Waals surface area contributed by atoms with Crippen molar-refractivity contribution in [2.45, 2.75) is 13.5 Å². The van der Waals surface area contributed by atoms with Crippen LogP contribution in [-0.4, -0.2) is 24.8 Å². The number of carbonyl (C=O) groups excluding carboxylic acids is 3. The molecule has 25 heavy (non-hydrogen) atoms. The second-order valence-electron chi connectivity index (χ2n) is 5.25. The Labute approximate surface area is 145 Å². The Morgan fingerprint density at radius 1 is 0.920 bits per heavy atom. The topological polar surface area (TPSA) is 96.5 Å². The first-order chi connectivity index (χ1) is 12.0. The van der Waals surface area contributed by atoms with Crippen molar-refractivity contribution in [3.63, 3.8) is 0 Å². The van der Waals surface area contributed by atoms with Crippen LogP contribution in [0.4, 0.5) is 11.4 Å². The molecule has 0 spiro atoms. The Kier molecular flexibility index (Phi) is 6.11. The summed E-state index contributed by atoms with van der Waals surface area (Å²) in [6, 6.07) is 13.7. The minimum absolute atomic E-state index is 0.204. The molecule has 0 aliphatic carbocycles. The van der Waals surface area contributed by atoms with Gasteiger partial charge in [-0.25, -0.2) is 0 Å². The number of benzene rings is 2. The van der Waals surface area contributed by atoms with Crippen molar-refractivity contribution < 1.29 is 19.1 Å². The summed E-state index contributed by atoms with van der Waals surface area (Å²) >= 11 is 0. The quantitative estimate of drug-likeness (QED) is 0.724. The van der Waals surface area contributed by atoms with E-state index < -0.39 is 11.8 Å². The van der Waals surface area contributed by atoms with Crippen LogP contribution in [-0.2, 0) is 20.9 Å². The Hall–Kier alpha value is -3.35. The van der Waals surface area contributed by atoms with Gasteiger partial charge in [-0.3, -0.25) is 14.4 Å². The third-order valence-electron chi connectivity index (χ3n) is 3.23. The predicted molar refractivity (Wildman–Crippen MR) is 94.2 cm³/mol. The van der Waals surface area contributed by atoms with Crippen molar-refractivity contribution in [1.82, 2.24) is 5.32 Å². The number of rotatable bonds is 5. The number of methoxy groups -OCH3 is 1. The van der Waals surface area contributed by atoms with E-state index in [0.29, 0.717) is 17.1 Å². The summed E-state index contributed by atoms with van der Waals surface area (Å²) in [5, 5.41) is 7.63. The summed E-state index contributed by atoms with van der Waals surface area (Å²) in [6.07, 6.45) is 0. The van der Waals surface area contributed by atoms with E-state index in [-0.39, 0.29) is 12.5 Å². The minimum atomic E-state index is -0.789. The van der Waals surface area contributed by atoms with Gasteiger partial charge in [0.1, 0.15) is 5.75 Å². The summed E-state index contributed by atoms with van der Waals surface area (Å²) in [6.45, 7) is 1.59. The molecule has 7 heteroatoms. The van der Waals surface area contributed by atoms with E-state index in [2.05, 4.69) is 16.0 Å². The molecule has 0 aromatic heterocycles. The highest BCUT2D eigenvalue weighted by atomic mass is 16.5. The van der Waals surface area contributed by atoms with Crippen LogP contribution < -0.4 is 20.7 Å². The van der Waals surface area contributed by atoms with Gasteiger partial charge in [0, 0.05) is 24.8 Å². The van der Waals surface area contributed by atoms with Gasteiger partial charge in [-0.15, -0.1) is 0 Å². The summed E-state index contributed by atoms with van der Waals surface area (Å²) in [7, 11) is 1.56. The third-order valence-corrected chi connectivity index (χ3v) is 3.23. The van der Waals surface area contributed by atoms with Gasteiger partial charge in [0.2, 0.25) is 5.91 Å². The molecule has 3 amide bonds. The molecule has 130 valence electrons. The lowest BCUT2D eigenvalue weighted by atomic mass is 10.2. The molecule has 0 fully saturated rings. The van der Waals surface area contributed by atoms with Gasteiger partial charge >= 0.3 is 11.8 Å². The van der Waals surface area contributed by atoms with Crippen molar-refractivity contribution in [3.8, 4) is 5.75 Å². The molecule has 0 radical (unpaired) electrons. The lowest BCUT2D eigenvalue weighted by molar-refractivity contribution is -0.136. The molecule has 2 aromatic rings. The summed E-state index contributed by atoms with van der Waals surface area (Å²) in [5.41, 5.74) is 1.75. The highest BCUT2D eigenvalue weighted by molar-refractivity contribution is 6.39. The average molecular weight is 341 g/mol. The maximum Gasteiger partial charge on any atom is 0.313 e. The van der Waals surface area contributed by atoms with Crippen LogP contribution in [0, 0.1) is 0 Å². The maximum atomic E-state index is 12.0. The smallest absolute Gasteiger partial charge is 0.313 e. The monoisotopic (exact) mass is 341 g/mol. The number of carbonyl (C=O) groups is 3. The van der Waals surface area contributed by atoms with E-state index in [0.717, 1.165) is 5.56 Å². The van der Waals surface area contributed by atoms with Crippen molar-refractivity contribution in [2.24, 2.45) is 0 Å². The first-order valence-electron chi connectivity index (χ1n) is 7.57. The summed E-state index contributed by atoms with van der Waals surface area (Å²) < 4.78 is 5.10. The fourth-order valence-corrected chi connectivity index (χ4v) is 2.11. The number of hydrogen-bond donors (Lipinski definition) is 3. The molecule has 0 saturated carbocycles. The van der Waals surface area contributed by atoms with Gasteiger partial charge in [-0.1, -0.05) is 18.2 Å². The van der Waals surface area contributed by atoms with E-state index in [1.54, 1.807) is 49.6 Å². The summed E-state index contributed by atoms with van der Waals surface area (Å²) in [5.74, 6) is -1.10. The van der Waals surface area contributed by atoms with Gasteiger partial charge < -0.3 is 20.7 Å². The molecule has 7 nitrogen and oxygen atoms in total. The lowest BCUT2D eigenvalue weighted by Gasteiger charge is -2.09. The van der Waals surface area contributed by atoms with Crippen LogP contribution in [0.15, 0.2) is 48.5 Å². The van der Waals surface area contributed by atoms with Crippen LogP contribution in [0.5, 0.6) is 5.75 Å². The van der Waals surface area contributed by atoms with Gasteiger partial charge in [-0.05, 0) is 35.9 Å². The van der Waals surface area contributed by atoms with Gasteiger partial charge in [0.05, 0.1) is 7.11 Å². The van der Waals surface area contributed by atoms with E-state index in [4.69, 9.17) is 4.74 Å². The minimum Gasteiger partial charge on any atom is -0.497 e. The van der Waals surface area contributed by atoms with Gasteiger partial charge in [-0.2, -0.15) is 0 Å². The van der Waals surface area contributed by atoms with Crippen LogP contribution in [0.2, 0.25) is 0 Å². The number of hydrogen-bond acceptors (Lipinski definition) is 4. The van der Waals surface area contributed by atoms with Crippen molar-refractivity contribution in [1.29, 1.82) is 0 Å². The zero-order valence-corrected chi connectivity index (χ0v) is 14.0. The standard InChI is InChI=1S/C18H19N3O4/c1-12(22)20-14-6-4-7-15(10-14)21-18(24)17(23)19-11-13-5-3-8-16(9-13)25-2/h3-10H,11H2,1-2H3,(H,19,23)(H,20,22)(H,21,24). The highest BCUT2D eigenvalue weighted by Gasteiger charge is 2.13. The Bertz CT molecular complexity index is 789. The van der Waals surface area contributed by atoms with Gasteiger partial charge in [0.25, 0.3) is 0 Å². The fourth-order valence-electron chi connectivity index (χ4n) is 2.11.